The topological polar surface area (TPSA) is 131 Å². The standard InChI is InChI=1S/C11H14N4O5/c16-2-6-8(18)9(19)11(20-6)15-4-14-7-5(17)1-12-3-13-10(7)15/h3-4,6,8-9,11,16,18-19H,1-2H2,(H,12,13,17)/p+1/t6-,8-,9-,11-/m1/s1. The second-order valence-corrected chi connectivity index (χ2v) is 4.67. The molecule has 9 nitrogen and oxygen atoms in total. The first-order valence-corrected chi connectivity index (χ1v) is 6.16. The van der Waals surface area contributed by atoms with E-state index in [2.05, 4.69) is 15.3 Å². The lowest BCUT2D eigenvalue weighted by atomic mass is 10.1. The van der Waals surface area contributed by atoms with Crippen LogP contribution in [0.3, 0.4) is 0 Å². The van der Waals surface area contributed by atoms with Gasteiger partial charge in [-0.2, -0.15) is 0 Å². The van der Waals surface area contributed by atoms with Crippen molar-refractivity contribution in [3.63, 3.8) is 0 Å². The number of ether oxygens (including phenoxy) is 1. The van der Waals surface area contributed by atoms with Gasteiger partial charge in [0.1, 0.15) is 31.2 Å². The van der Waals surface area contributed by atoms with Crippen LogP contribution < -0.4 is 9.88 Å². The van der Waals surface area contributed by atoms with Crippen molar-refractivity contribution in [1.29, 1.82) is 0 Å². The minimum absolute atomic E-state index is 0.0243. The van der Waals surface area contributed by atoms with Gasteiger partial charge in [0.2, 0.25) is 17.7 Å². The predicted molar refractivity (Wildman–Crippen MR) is 65.3 cm³/mol. The summed E-state index contributed by atoms with van der Waals surface area (Å²) in [4.78, 5) is 18.5. The normalized spacial score (nSPS) is 32.9. The van der Waals surface area contributed by atoms with Crippen LogP contribution >= 0.6 is 0 Å². The number of nitrogens with zero attached hydrogens (tertiary/aromatic N) is 2. The Morgan fingerprint density at radius 1 is 1.45 bits per heavy atom. The largest absolute Gasteiger partial charge is 0.394 e. The van der Waals surface area contributed by atoms with E-state index >= 15 is 0 Å². The lowest BCUT2D eigenvalue weighted by Gasteiger charge is -2.13. The van der Waals surface area contributed by atoms with Crippen molar-refractivity contribution in [3.8, 4) is 0 Å². The third-order valence-electron chi connectivity index (χ3n) is 3.44. The van der Waals surface area contributed by atoms with Crippen LogP contribution in [0.15, 0.2) is 11.3 Å². The number of hydrogen-bond donors (Lipinski definition) is 5. The summed E-state index contributed by atoms with van der Waals surface area (Å²) in [7, 11) is 0. The van der Waals surface area contributed by atoms with Crippen molar-refractivity contribution in [3.05, 3.63) is 12.0 Å². The zero-order valence-corrected chi connectivity index (χ0v) is 10.4. The smallest absolute Gasteiger partial charge is 0.272 e. The molecule has 4 atom stereocenters. The summed E-state index contributed by atoms with van der Waals surface area (Å²) in [5.41, 5.74) is 0.320. The van der Waals surface area contributed by atoms with Crippen molar-refractivity contribution in [2.75, 3.05) is 18.5 Å². The van der Waals surface area contributed by atoms with Gasteiger partial charge in [-0.25, -0.2) is 4.57 Å². The van der Waals surface area contributed by atoms with Crippen molar-refractivity contribution in [2.45, 2.75) is 24.5 Å². The van der Waals surface area contributed by atoms with Crippen LogP contribution in [0.2, 0.25) is 0 Å². The molecular formula is C11H15N4O5+. The number of hydrogen-bond acceptors (Lipinski definition) is 7. The fourth-order valence-corrected chi connectivity index (χ4v) is 2.38. The molecule has 9 heteroatoms. The summed E-state index contributed by atoms with van der Waals surface area (Å²) in [6, 6.07) is 0. The van der Waals surface area contributed by atoms with Crippen LogP contribution in [0.25, 0.3) is 0 Å². The van der Waals surface area contributed by atoms with E-state index in [1.165, 1.54) is 17.2 Å². The van der Waals surface area contributed by atoms with Gasteiger partial charge < -0.3 is 20.1 Å². The minimum atomic E-state index is -1.21. The van der Waals surface area contributed by atoms with E-state index in [9.17, 15) is 15.0 Å². The van der Waals surface area contributed by atoms with Gasteiger partial charge in [0.25, 0.3) is 5.82 Å². The van der Waals surface area contributed by atoms with E-state index in [1.54, 1.807) is 0 Å². The molecule has 0 aromatic carbocycles. The monoisotopic (exact) mass is 283 g/mol. The molecule has 3 heterocycles. The van der Waals surface area contributed by atoms with Gasteiger partial charge in [-0.05, 0) is 0 Å². The Hall–Kier alpha value is -1.81. The Morgan fingerprint density at radius 2 is 2.25 bits per heavy atom. The maximum Gasteiger partial charge on any atom is 0.272 e. The number of H-pyrrole nitrogens is 1. The number of ketones is 1. The molecule has 0 amide bonds. The number of aliphatic hydroxyl groups is 3. The third-order valence-corrected chi connectivity index (χ3v) is 3.44. The van der Waals surface area contributed by atoms with Crippen molar-refractivity contribution >= 4 is 17.9 Å². The molecule has 1 aromatic heterocycles. The molecule has 2 aliphatic heterocycles. The fourth-order valence-electron chi connectivity index (χ4n) is 2.38. The summed E-state index contributed by atoms with van der Waals surface area (Å²) in [5, 5.41) is 31.7. The first kappa shape index (κ1) is 13.2. The van der Waals surface area contributed by atoms with Gasteiger partial charge in [0.15, 0.2) is 6.33 Å². The number of anilines is 1. The Balaban J connectivity index is 1.96. The van der Waals surface area contributed by atoms with Crippen LogP contribution in [-0.4, -0.2) is 63.9 Å². The Kier molecular flexibility index (Phi) is 3.26. The molecule has 3 rings (SSSR count). The first-order chi connectivity index (χ1) is 9.63. The number of carbonyl (C=O) groups is 1. The van der Waals surface area contributed by atoms with Gasteiger partial charge in [-0.15, -0.1) is 0 Å². The minimum Gasteiger partial charge on any atom is -0.394 e. The molecule has 0 bridgehead atoms. The summed E-state index contributed by atoms with van der Waals surface area (Å²) in [5.74, 6) is 0.192. The number of imidazole rings is 1. The number of aromatic amines is 1. The van der Waals surface area contributed by atoms with E-state index < -0.39 is 31.1 Å². The molecule has 20 heavy (non-hydrogen) atoms. The predicted octanol–water partition coefficient (Wildman–Crippen LogP) is -2.45. The van der Waals surface area contributed by atoms with Gasteiger partial charge in [0.05, 0.1) is 6.61 Å². The highest BCUT2D eigenvalue weighted by atomic mass is 16.6. The van der Waals surface area contributed by atoms with Gasteiger partial charge >= 0.3 is 0 Å². The average Bonchev–Trinajstić information content (AvgIpc) is 2.92. The zero-order chi connectivity index (χ0) is 14.3. The molecule has 2 aliphatic rings. The molecule has 1 fully saturated rings. The SMILES string of the molecule is O=C1CN=CNc2c1[nH]c[n+]2[C@@H]1O[C@H](CO)[C@@H](O)[C@H]1O. The Labute approximate surface area is 113 Å². The molecule has 5 N–H and O–H groups in total. The number of rotatable bonds is 2. The molecule has 0 saturated carbocycles. The molecule has 1 aromatic rings. The highest BCUT2D eigenvalue weighted by molar-refractivity contribution is 6.03. The summed E-state index contributed by atoms with van der Waals surface area (Å²) < 4.78 is 6.89. The lowest BCUT2D eigenvalue weighted by Crippen LogP contribution is -2.46. The number of fused-ring (bicyclic) bond motifs is 1. The molecule has 0 unspecified atom stereocenters. The molecule has 0 aliphatic carbocycles. The molecule has 108 valence electrons. The second kappa shape index (κ2) is 4.94. The Morgan fingerprint density at radius 3 is 2.95 bits per heavy atom. The van der Waals surface area contributed by atoms with E-state index in [4.69, 9.17) is 9.84 Å². The van der Waals surface area contributed by atoms with Gasteiger partial charge in [0, 0.05) is 0 Å². The maximum absolute atomic E-state index is 11.8. The van der Waals surface area contributed by atoms with Crippen LogP contribution in [0.4, 0.5) is 5.82 Å². The van der Waals surface area contributed by atoms with E-state index in [1.807, 2.05) is 0 Å². The van der Waals surface area contributed by atoms with Crippen LogP contribution in [0.1, 0.15) is 16.7 Å². The number of aliphatic hydroxyl groups excluding tert-OH is 3. The summed E-state index contributed by atoms with van der Waals surface area (Å²) >= 11 is 0. The van der Waals surface area contributed by atoms with E-state index in [-0.39, 0.29) is 12.3 Å². The summed E-state index contributed by atoms with van der Waals surface area (Å²) in [6.45, 7) is -0.383. The molecule has 0 radical (unpaired) electrons. The van der Waals surface area contributed by atoms with Gasteiger partial charge in [-0.1, -0.05) is 0 Å². The van der Waals surface area contributed by atoms with Crippen LogP contribution in [0.5, 0.6) is 0 Å². The van der Waals surface area contributed by atoms with Crippen molar-refractivity contribution in [1.82, 2.24) is 4.98 Å². The maximum atomic E-state index is 11.8. The molecule has 0 spiro atoms. The average molecular weight is 283 g/mol. The second-order valence-electron chi connectivity index (χ2n) is 4.67. The van der Waals surface area contributed by atoms with Crippen molar-refractivity contribution in [2.24, 2.45) is 4.99 Å². The molecule has 1 saturated heterocycles. The Bertz CT molecular complexity index is 557. The van der Waals surface area contributed by atoms with E-state index in [0.717, 1.165) is 0 Å². The lowest BCUT2D eigenvalue weighted by molar-refractivity contribution is -0.752. The van der Waals surface area contributed by atoms with Crippen LogP contribution in [0, 0.1) is 0 Å². The number of aromatic nitrogens is 2. The highest BCUT2D eigenvalue weighted by Crippen LogP contribution is 2.27. The van der Waals surface area contributed by atoms with Crippen LogP contribution in [-0.2, 0) is 4.74 Å². The quantitative estimate of drug-likeness (QED) is 0.383. The van der Waals surface area contributed by atoms with E-state index in [0.29, 0.717) is 11.5 Å². The van der Waals surface area contributed by atoms with Gasteiger partial charge in [-0.3, -0.25) is 20.1 Å². The fraction of sp³-hybridized carbons (Fsp3) is 0.545. The van der Waals surface area contributed by atoms with Crippen molar-refractivity contribution < 1.29 is 29.4 Å². The number of nitrogens with one attached hydrogen (secondary N) is 2. The molecular weight excluding hydrogens is 268 g/mol. The highest BCUT2D eigenvalue weighted by Gasteiger charge is 2.47. The number of carbonyl (C=O) groups excluding carboxylic acids is 1. The number of Topliss-reactive ketones (excluding diaryl/α,β-unsaturated/α-hetero) is 1. The first-order valence-electron chi connectivity index (χ1n) is 6.16. The zero-order valence-electron chi connectivity index (χ0n) is 10.4. The third kappa shape index (κ3) is 1.91. The summed E-state index contributed by atoms with van der Waals surface area (Å²) in [6.07, 6.45) is -1.34. The number of aliphatic imine (C=N–C) groups is 1.